The van der Waals surface area contributed by atoms with Crippen molar-refractivity contribution in [3.63, 3.8) is 0 Å². The van der Waals surface area contributed by atoms with Gasteiger partial charge in [-0.1, -0.05) is 23.5 Å². The largest absolute Gasteiger partial charge is 0.296 e. The van der Waals surface area contributed by atoms with E-state index in [4.69, 9.17) is 0 Å². The number of halogens is 1. The van der Waals surface area contributed by atoms with E-state index in [1.807, 2.05) is 6.92 Å². The second-order valence-corrected chi connectivity index (χ2v) is 6.96. The van der Waals surface area contributed by atoms with Crippen LogP contribution >= 0.6 is 11.3 Å². The zero-order valence-electron chi connectivity index (χ0n) is 14.8. The molecule has 28 heavy (non-hydrogen) atoms. The van der Waals surface area contributed by atoms with Crippen molar-refractivity contribution in [2.45, 2.75) is 13.3 Å². The smallest absolute Gasteiger partial charge is 0.257 e. The van der Waals surface area contributed by atoms with E-state index < -0.39 is 0 Å². The van der Waals surface area contributed by atoms with Gasteiger partial charge in [-0.15, -0.1) is 15.3 Å². The third kappa shape index (κ3) is 3.65. The summed E-state index contributed by atoms with van der Waals surface area (Å²) < 4.78 is 14.8. The Morgan fingerprint density at radius 3 is 2.54 bits per heavy atom. The highest BCUT2D eigenvalue weighted by Gasteiger charge is 2.12. The van der Waals surface area contributed by atoms with Gasteiger partial charge in [0.15, 0.2) is 0 Å². The molecule has 0 unspecified atom stereocenters. The molecule has 0 bridgehead atoms. The number of aromatic nitrogens is 5. The minimum Gasteiger partial charge on any atom is -0.296 e. The first kappa shape index (κ1) is 17.9. The molecular formula is C19H15FN6OS. The average Bonchev–Trinajstić information content (AvgIpc) is 3.38. The quantitative estimate of drug-likeness (QED) is 0.557. The number of carbonyl (C=O) groups excluding carboxylic acids is 1. The summed E-state index contributed by atoms with van der Waals surface area (Å²) in [5.41, 5.74) is 2.73. The van der Waals surface area contributed by atoms with Crippen molar-refractivity contribution < 1.29 is 9.18 Å². The van der Waals surface area contributed by atoms with Crippen LogP contribution in [0.1, 0.15) is 22.3 Å². The molecule has 2 aromatic heterocycles. The molecule has 0 aliphatic carbocycles. The molecule has 0 radical (unpaired) electrons. The van der Waals surface area contributed by atoms with Crippen LogP contribution in [0.25, 0.3) is 16.9 Å². The molecule has 0 saturated heterocycles. The highest BCUT2D eigenvalue weighted by molar-refractivity contribution is 7.15. The van der Waals surface area contributed by atoms with E-state index in [0.29, 0.717) is 10.7 Å². The number of rotatable bonds is 5. The molecule has 0 fully saturated rings. The van der Waals surface area contributed by atoms with Gasteiger partial charge in [-0.05, 0) is 55.0 Å². The Labute approximate surface area is 163 Å². The first-order valence-corrected chi connectivity index (χ1v) is 9.36. The molecule has 0 atom stereocenters. The number of anilines is 1. The highest BCUT2D eigenvalue weighted by Crippen LogP contribution is 2.22. The lowest BCUT2D eigenvalue weighted by atomic mass is 10.1. The molecule has 0 aliphatic rings. The summed E-state index contributed by atoms with van der Waals surface area (Å²) in [6.07, 6.45) is 2.38. The van der Waals surface area contributed by atoms with Crippen LogP contribution in [0.2, 0.25) is 0 Å². The van der Waals surface area contributed by atoms with E-state index in [9.17, 15) is 9.18 Å². The zero-order valence-corrected chi connectivity index (χ0v) is 15.7. The predicted molar refractivity (Wildman–Crippen MR) is 104 cm³/mol. The fourth-order valence-electron chi connectivity index (χ4n) is 2.61. The van der Waals surface area contributed by atoms with E-state index in [1.165, 1.54) is 23.5 Å². The number of nitrogens with zero attached hydrogens (tertiary/aromatic N) is 5. The van der Waals surface area contributed by atoms with E-state index >= 15 is 0 Å². The Morgan fingerprint density at radius 2 is 1.86 bits per heavy atom. The lowest BCUT2D eigenvalue weighted by molar-refractivity contribution is 0.102. The van der Waals surface area contributed by atoms with Gasteiger partial charge in [0.25, 0.3) is 5.91 Å². The van der Waals surface area contributed by atoms with E-state index in [2.05, 4.69) is 25.8 Å². The number of hydrogen-bond donors (Lipinski definition) is 1. The summed E-state index contributed by atoms with van der Waals surface area (Å²) in [5, 5.41) is 20.1. The molecule has 0 aliphatic heterocycles. The van der Waals surface area contributed by atoms with Gasteiger partial charge in [-0.25, -0.2) is 9.07 Å². The minimum absolute atomic E-state index is 0.261. The molecule has 0 spiro atoms. The maximum atomic E-state index is 13.2. The molecule has 9 heteroatoms. The van der Waals surface area contributed by atoms with Crippen LogP contribution in [0.4, 0.5) is 9.52 Å². The third-order valence-corrected chi connectivity index (χ3v) is 5.04. The fraction of sp³-hybridized carbons (Fsp3) is 0.105. The molecule has 7 nitrogen and oxygen atoms in total. The minimum atomic E-state index is -0.306. The molecular weight excluding hydrogens is 379 g/mol. The Hall–Kier alpha value is -3.46. The predicted octanol–water partition coefficient (Wildman–Crippen LogP) is 3.74. The zero-order chi connectivity index (χ0) is 19.5. The molecule has 1 N–H and O–H groups in total. The van der Waals surface area contributed by atoms with Gasteiger partial charge in [0, 0.05) is 11.1 Å². The molecule has 2 heterocycles. The van der Waals surface area contributed by atoms with Crippen LogP contribution in [0.5, 0.6) is 0 Å². The summed E-state index contributed by atoms with van der Waals surface area (Å²) in [6.45, 7) is 1.98. The summed E-state index contributed by atoms with van der Waals surface area (Å²) in [5.74, 6) is -0.567. The maximum absolute atomic E-state index is 13.2. The second kappa shape index (κ2) is 7.65. The Kier molecular flexibility index (Phi) is 4.90. The van der Waals surface area contributed by atoms with Crippen molar-refractivity contribution in [2.75, 3.05) is 5.32 Å². The summed E-state index contributed by atoms with van der Waals surface area (Å²) in [7, 11) is 0. The SMILES string of the molecule is CCc1nnc(NC(=O)c2ccc(-n3nncc3-c3ccc(F)cc3)cc2)s1. The van der Waals surface area contributed by atoms with Gasteiger partial charge in [0.05, 0.1) is 17.6 Å². The summed E-state index contributed by atoms with van der Waals surface area (Å²) in [4.78, 5) is 12.4. The standard InChI is InChI=1S/C19H15FN6OS/c1-2-17-23-24-19(28-17)22-18(27)13-5-9-15(10-6-13)26-16(11-21-25-26)12-3-7-14(20)8-4-12/h3-11H,2H2,1H3,(H,22,24,27). The van der Waals surface area contributed by atoms with Gasteiger partial charge >= 0.3 is 0 Å². The van der Waals surface area contributed by atoms with Gasteiger partial charge in [-0.2, -0.15) is 0 Å². The lowest BCUT2D eigenvalue weighted by Crippen LogP contribution is -2.12. The monoisotopic (exact) mass is 394 g/mol. The van der Waals surface area contributed by atoms with Crippen molar-refractivity contribution >= 4 is 22.4 Å². The second-order valence-electron chi connectivity index (χ2n) is 5.89. The third-order valence-electron chi connectivity index (χ3n) is 4.05. The number of carbonyl (C=O) groups is 1. The number of aryl methyl sites for hydroxylation is 1. The van der Waals surface area contributed by atoms with Crippen molar-refractivity contribution in [1.29, 1.82) is 0 Å². The van der Waals surface area contributed by atoms with Gasteiger partial charge in [0.1, 0.15) is 10.8 Å². The lowest BCUT2D eigenvalue weighted by Gasteiger charge is -2.07. The van der Waals surface area contributed by atoms with Crippen molar-refractivity contribution in [3.05, 3.63) is 71.1 Å². The molecule has 140 valence electrons. The highest BCUT2D eigenvalue weighted by atomic mass is 32.1. The number of amides is 1. The Bertz CT molecular complexity index is 1100. The normalized spacial score (nSPS) is 10.8. The molecule has 0 saturated carbocycles. The van der Waals surface area contributed by atoms with Crippen LogP contribution in [0.15, 0.2) is 54.7 Å². The fourth-order valence-corrected chi connectivity index (χ4v) is 3.29. The van der Waals surface area contributed by atoms with Crippen LogP contribution in [-0.2, 0) is 6.42 Å². The van der Waals surface area contributed by atoms with Crippen LogP contribution in [0, 0.1) is 5.82 Å². The Balaban J connectivity index is 1.54. The van der Waals surface area contributed by atoms with Crippen molar-refractivity contribution in [2.24, 2.45) is 0 Å². The molecule has 2 aromatic carbocycles. The molecule has 4 aromatic rings. The van der Waals surface area contributed by atoms with Crippen molar-refractivity contribution in [1.82, 2.24) is 25.2 Å². The topological polar surface area (TPSA) is 85.6 Å². The van der Waals surface area contributed by atoms with Crippen LogP contribution in [-0.4, -0.2) is 31.1 Å². The number of benzene rings is 2. The summed E-state index contributed by atoms with van der Waals surface area (Å²) in [6, 6.07) is 13.0. The first-order valence-electron chi connectivity index (χ1n) is 8.55. The number of nitrogens with one attached hydrogen (secondary N) is 1. The van der Waals surface area contributed by atoms with Crippen LogP contribution in [0.3, 0.4) is 0 Å². The molecule has 4 rings (SSSR count). The average molecular weight is 394 g/mol. The number of hydrogen-bond acceptors (Lipinski definition) is 6. The first-order chi connectivity index (χ1) is 13.6. The summed E-state index contributed by atoms with van der Waals surface area (Å²) >= 11 is 1.35. The van der Waals surface area contributed by atoms with Gasteiger partial charge < -0.3 is 0 Å². The van der Waals surface area contributed by atoms with Crippen LogP contribution < -0.4 is 5.32 Å². The van der Waals surface area contributed by atoms with E-state index in [0.717, 1.165) is 28.4 Å². The van der Waals surface area contributed by atoms with E-state index in [-0.39, 0.29) is 11.7 Å². The van der Waals surface area contributed by atoms with Gasteiger partial charge in [0.2, 0.25) is 5.13 Å². The van der Waals surface area contributed by atoms with Crippen molar-refractivity contribution in [3.8, 4) is 16.9 Å². The maximum Gasteiger partial charge on any atom is 0.257 e. The Morgan fingerprint density at radius 1 is 1.11 bits per heavy atom. The molecule has 1 amide bonds. The van der Waals surface area contributed by atoms with E-state index in [1.54, 1.807) is 47.3 Å². The van der Waals surface area contributed by atoms with Gasteiger partial charge in [-0.3, -0.25) is 10.1 Å².